The van der Waals surface area contributed by atoms with Gasteiger partial charge in [0.2, 0.25) is 0 Å². The zero-order valence-electron chi connectivity index (χ0n) is 8.11. The standard InChI is InChI=1S/C10H12N2O2/c1-6-5-7(2)12-8(10(6)11)3-4-9(13)14/h3-5H,11H2,1-2H3,(H,13,14)/b4-3+. The van der Waals surface area contributed by atoms with Gasteiger partial charge in [-0.05, 0) is 31.6 Å². The maximum atomic E-state index is 10.3. The molecule has 0 saturated carbocycles. The topological polar surface area (TPSA) is 76.2 Å². The van der Waals surface area contributed by atoms with Crippen LogP contribution in [-0.2, 0) is 4.79 Å². The molecular formula is C10H12N2O2. The van der Waals surface area contributed by atoms with Gasteiger partial charge in [-0.25, -0.2) is 4.79 Å². The van der Waals surface area contributed by atoms with Crippen molar-refractivity contribution in [2.45, 2.75) is 13.8 Å². The molecule has 0 aromatic carbocycles. The Kier molecular flexibility index (Phi) is 2.86. The van der Waals surface area contributed by atoms with Gasteiger partial charge in [-0.2, -0.15) is 0 Å². The second-order valence-corrected chi connectivity index (χ2v) is 3.05. The quantitative estimate of drug-likeness (QED) is 0.694. The van der Waals surface area contributed by atoms with Crippen molar-refractivity contribution >= 4 is 17.7 Å². The summed E-state index contributed by atoms with van der Waals surface area (Å²) in [6.45, 7) is 3.70. The van der Waals surface area contributed by atoms with Crippen LogP contribution in [0.2, 0.25) is 0 Å². The van der Waals surface area contributed by atoms with Crippen molar-refractivity contribution in [2.75, 3.05) is 5.73 Å². The van der Waals surface area contributed by atoms with Crippen molar-refractivity contribution in [2.24, 2.45) is 0 Å². The molecule has 1 aromatic heterocycles. The van der Waals surface area contributed by atoms with Crippen molar-refractivity contribution < 1.29 is 9.90 Å². The Morgan fingerprint density at radius 1 is 1.57 bits per heavy atom. The fourth-order valence-electron chi connectivity index (χ4n) is 1.15. The SMILES string of the molecule is Cc1cc(C)c(N)c(/C=C/C(=O)O)n1. The Hall–Kier alpha value is -1.84. The smallest absolute Gasteiger partial charge is 0.328 e. The van der Waals surface area contributed by atoms with Gasteiger partial charge in [-0.1, -0.05) is 0 Å². The van der Waals surface area contributed by atoms with E-state index in [0.717, 1.165) is 17.3 Å². The maximum absolute atomic E-state index is 10.3. The largest absolute Gasteiger partial charge is 0.478 e. The van der Waals surface area contributed by atoms with Crippen molar-refractivity contribution in [1.82, 2.24) is 4.98 Å². The lowest BCUT2D eigenvalue weighted by Crippen LogP contribution is -1.98. The number of anilines is 1. The summed E-state index contributed by atoms with van der Waals surface area (Å²) < 4.78 is 0. The molecule has 0 spiro atoms. The van der Waals surface area contributed by atoms with Gasteiger partial charge in [0.15, 0.2) is 0 Å². The normalized spacial score (nSPS) is 10.7. The number of aryl methyl sites for hydroxylation is 2. The lowest BCUT2D eigenvalue weighted by Gasteiger charge is -2.04. The van der Waals surface area contributed by atoms with Gasteiger partial charge in [-0.15, -0.1) is 0 Å². The van der Waals surface area contributed by atoms with E-state index in [1.165, 1.54) is 6.08 Å². The average Bonchev–Trinajstić information content (AvgIpc) is 2.08. The number of nitrogen functional groups attached to an aromatic ring is 1. The summed E-state index contributed by atoms with van der Waals surface area (Å²) in [5.41, 5.74) is 8.48. The van der Waals surface area contributed by atoms with E-state index in [2.05, 4.69) is 4.98 Å². The lowest BCUT2D eigenvalue weighted by atomic mass is 10.1. The van der Waals surface area contributed by atoms with E-state index in [-0.39, 0.29) is 0 Å². The summed E-state index contributed by atoms with van der Waals surface area (Å²) in [4.78, 5) is 14.4. The molecule has 14 heavy (non-hydrogen) atoms. The molecule has 74 valence electrons. The number of nitrogens with zero attached hydrogens (tertiary/aromatic N) is 1. The highest BCUT2D eigenvalue weighted by Gasteiger charge is 2.02. The molecule has 0 fully saturated rings. The molecule has 0 unspecified atom stereocenters. The third-order valence-electron chi connectivity index (χ3n) is 1.81. The number of aromatic nitrogens is 1. The number of hydrogen-bond acceptors (Lipinski definition) is 3. The van der Waals surface area contributed by atoms with E-state index < -0.39 is 5.97 Å². The first-order valence-electron chi connectivity index (χ1n) is 4.15. The minimum Gasteiger partial charge on any atom is -0.478 e. The van der Waals surface area contributed by atoms with Crippen LogP contribution in [0.5, 0.6) is 0 Å². The zero-order chi connectivity index (χ0) is 10.7. The molecular weight excluding hydrogens is 180 g/mol. The summed E-state index contributed by atoms with van der Waals surface area (Å²) in [5, 5.41) is 8.45. The van der Waals surface area contributed by atoms with Crippen LogP contribution in [0.3, 0.4) is 0 Å². The molecule has 0 aliphatic carbocycles. The van der Waals surface area contributed by atoms with E-state index in [4.69, 9.17) is 10.8 Å². The Morgan fingerprint density at radius 2 is 2.21 bits per heavy atom. The number of aliphatic carboxylic acids is 1. The number of pyridine rings is 1. The van der Waals surface area contributed by atoms with Crippen molar-refractivity contribution in [3.05, 3.63) is 29.1 Å². The lowest BCUT2D eigenvalue weighted by molar-refractivity contribution is -0.131. The number of hydrogen-bond donors (Lipinski definition) is 2. The molecule has 1 heterocycles. The average molecular weight is 192 g/mol. The first-order valence-corrected chi connectivity index (χ1v) is 4.15. The van der Waals surface area contributed by atoms with Crippen molar-refractivity contribution in [3.8, 4) is 0 Å². The van der Waals surface area contributed by atoms with Crippen LogP contribution in [0.4, 0.5) is 5.69 Å². The van der Waals surface area contributed by atoms with E-state index in [9.17, 15) is 4.79 Å². The van der Waals surface area contributed by atoms with Crippen LogP contribution in [0.1, 0.15) is 17.0 Å². The molecule has 0 aliphatic rings. The second kappa shape index (κ2) is 3.91. The Balaban J connectivity index is 3.14. The molecule has 0 amide bonds. The van der Waals surface area contributed by atoms with Gasteiger partial charge < -0.3 is 10.8 Å². The first kappa shape index (κ1) is 10.2. The third kappa shape index (κ3) is 2.32. The summed E-state index contributed by atoms with van der Waals surface area (Å²) >= 11 is 0. The predicted octanol–water partition coefficient (Wildman–Crippen LogP) is 1.38. The molecule has 0 bridgehead atoms. The molecule has 1 aromatic rings. The maximum Gasteiger partial charge on any atom is 0.328 e. The zero-order valence-corrected chi connectivity index (χ0v) is 8.11. The highest BCUT2D eigenvalue weighted by atomic mass is 16.4. The Bertz CT molecular complexity index is 397. The van der Waals surface area contributed by atoms with E-state index in [1.54, 1.807) is 0 Å². The van der Waals surface area contributed by atoms with Crippen molar-refractivity contribution in [3.63, 3.8) is 0 Å². The molecule has 0 atom stereocenters. The molecule has 3 N–H and O–H groups in total. The number of carbonyl (C=O) groups is 1. The van der Waals surface area contributed by atoms with Crippen molar-refractivity contribution in [1.29, 1.82) is 0 Å². The number of rotatable bonds is 2. The highest BCUT2D eigenvalue weighted by Crippen LogP contribution is 2.17. The van der Waals surface area contributed by atoms with E-state index >= 15 is 0 Å². The molecule has 0 aliphatic heterocycles. The highest BCUT2D eigenvalue weighted by molar-refractivity contribution is 5.86. The fraction of sp³-hybridized carbons (Fsp3) is 0.200. The molecule has 4 nitrogen and oxygen atoms in total. The summed E-state index contributed by atoms with van der Waals surface area (Å²) in [5.74, 6) is -1.01. The fourth-order valence-corrected chi connectivity index (χ4v) is 1.15. The van der Waals surface area contributed by atoms with Gasteiger partial charge in [-0.3, -0.25) is 4.98 Å². The summed E-state index contributed by atoms with van der Waals surface area (Å²) in [7, 11) is 0. The molecule has 0 radical (unpaired) electrons. The van der Waals surface area contributed by atoms with Crippen LogP contribution in [-0.4, -0.2) is 16.1 Å². The van der Waals surface area contributed by atoms with Gasteiger partial charge in [0.1, 0.15) is 0 Å². The minimum atomic E-state index is -1.01. The Labute approximate surface area is 82.1 Å². The minimum absolute atomic E-state index is 0.505. The number of carboxylic acid groups (broad SMARTS) is 1. The monoisotopic (exact) mass is 192 g/mol. The number of carboxylic acids is 1. The van der Waals surface area contributed by atoms with Gasteiger partial charge >= 0.3 is 5.97 Å². The third-order valence-corrected chi connectivity index (χ3v) is 1.81. The molecule has 4 heteroatoms. The summed E-state index contributed by atoms with van der Waals surface area (Å²) in [6.07, 6.45) is 2.43. The molecule has 1 rings (SSSR count). The van der Waals surface area contributed by atoms with Gasteiger partial charge in [0.25, 0.3) is 0 Å². The number of nitrogens with two attached hydrogens (primary N) is 1. The van der Waals surface area contributed by atoms with E-state index in [1.807, 2.05) is 19.9 Å². The Morgan fingerprint density at radius 3 is 2.79 bits per heavy atom. The second-order valence-electron chi connectivity index (χ2n) is 3.05. The van der Waals surface area contributed by atoms with Crippen LogP contribution in [0, 0.1) is 13.8 Å². The van der Waals surface area contributed by atoms with Crippen LogP contribution >= 0.6 is 0 Å². The predicted molar refractivity (Wildman–Crippen MR) is 54.8 cm³/mol. The molecule has 0 saturated heterocycles. The van der Waals surface area contributed by atoms with Crippen LogP contribution < -0.4 is 5.73 Å². The van der Waals surface area contributed by atoms with E-state index in [0.29, 0.717) is 11.4 Å². The van der Waals surface area contributed by atoms with Gasteiger partial charge in [0.05, 0.1) is 11.4 Å². The van der Waals surface area contributed by atoms with Crippen LogP contribution in [0.25, 0.3) is 6.08 Å². The van der Waals surface area contributed by atoms with Crippen LogP contribution in [0.15, 0.2) is 12.1 Å². The summed E-state index contributed by atoms with van der Waals surface area (Å²) in [6, 6.07) is 1.85. The van der Waals surface area contributed by atoms with Gasteiger partial charge in [0, 0.05) is 11.8 Å². The first-order chi connectivity index (χ1) is 6.50.